The summed E-state index contributed by atoms with van der Waals surface area (Å²) < 4.78 is 16.1. The van der Waals surface area contributed by atoms with Gasteiger partial charge in [-0.15, -0.1) is 11.3 Å². The molecule has 0 spiro atoms. The Morgan fingerprint density at radius 1 is 0.878 bits per heavy atom. The van der Waals surface area contributed by atoms with Gasteiger partial charge < -0.3 is 19.5 Å². The SMILES string of the molecule is CCOC(=O)c1c(NC(=O)C(=O)N/N=C(\C)c2ccccc2OC(=O)c2ccccc2OC)sc2c1CCCCC2. The molecule has 10 nitrogen and oxygen atoms in total. The number of benzene rings is 2. The number of amides is 2. The van der Waals surface area contributed by atoms with Crippen LogP contribution in [0.1, 0.15) is 69.8 Å². The van der Waals surface area contributed by atoms with Crippen LogP contribution in [-0.2, 0) is 27.2 Å². The zero-order valence-corrected chi connectivity index (χ0v) is 23.9. The molecule has 2 amide bonds. The second-order valence-electron chi connectivity index (χ2n) is 9.17. The number of thiophene rings is 1. The third-order valence-corrected chi connectivity index (χ3v) is 7.67. The molecule has 0 saturated heterocycles. The number of para-hydroxylation sites is 2. The Bertz CT molecular complexity index is 1490. The summed E-state index contributed by atoms with van der Waals surface area (Å²) in [6.07, 6.45) is 4.51. The van der Waals surface area contributed by atoms with Crippen LogP contribution in [0.5, 0.6) is 11.5 Å². The molecule has 2 N–H and O–H groups in total. The van der Waals surface area contributed by atoms with E-state index in [-0.39, 0.29) is 17.9 Å². The van der Waals surface area contributed by atoms with Crippen molar-refractivity contribution in [2.24, 2.45) is 5.10 Å². The summed E-state index contributed by atoms with van der Waals surface area (Å²) in [4.78, 5) is 52.0. The number of aryl methyl sites for hydroxylation is 1. The standard InChI is InChI=1S/C30H31N3O7S/c1-4-39-30(37)25-21-14-6-5-7-17-24(21)41-28(25)31-26(34)27(35)33-32-18(2)19-12-8-11-16-23(19)40-29(36)20-13-9-10-15-22(20)38-3/h8-13,15-16H,4-7,14,17H2,1-3H3,(H,31,34)(H,33,35)/b32-18+. The molecule has 3 aromatic rings. The highest BCUT2D eigenvalue weighted by molar-refractivity contribution is 7.17. The molecule has 0 fully saturated rings. The maximum Gasteiger partial charge on any atom is 0.347 e. The Hall–Kier alpha value is -4.51. The minimum absolute atomic E-state index is 0.195. The van der Waals surface area contributed by atoms with E-state index in [1.165, 1.54) is 18.4 Å². The summed E-state index contributed by atoms with van der Waals surface area (Å²) in [7, 11) is 1.46. The van der Waals surface area contributed by atoms with E-state index < -0.39 is 23.8 Å². The molecule has 11 heteroatoms. The molecule has 0 atom stereocenters. The minimum atomic E-state index is -1.02. The predicted octanol–water partition coefficient (Wildman–Crippen LogP) is 4.90. The molecule has 1 heterocycles. The number of rotatable bonds is 8. The van der Waals surface area contributed by atoms with Crippen LogP contribution in [0.2, 0.25) is 0 Å². The lowest BCUT2D eigenvalue weighted by Crippen LogP contribution is -2.33. The van der Waals surface area contributed by atoms with Crippen LogP contribution in [-0.4, -0.2) is 43.2 Å². The van der Waals surface area contributed by atoms with E-state index in [9.17, 15) is 19.2 Å². The number of nitrogens with zero attached hydrogens (tertiary/aromatic N) is 1. The van der Waals surface area contributed by atoms with Crippen molar-refractivity contribution < 1.29 is 33.4 Å². The van der Waals surface area contributed by atoms with Crippen molar-refractivity contribution in [1.29, 1.82) is 0 Å². The van der Waals surface area contributed by atoms with Gasteiger partial charge in [0.2, 0.25) is 0 Å². The molecule has 41 heavy (non-hydrogen) atoms. The summed E-state index contributed by atoms with van der Waals surface area (Å²) in [5.41, 5.74) is 4.42. The monoisotopic (exact) mass is 577 g/mol. The molecule has 0 aliphatic heterocycles. The minimum Gasteiger partial charge on any atom is -0.496 e. The quantitative estimate of drug-likeness (QED) is 0.0972. The lowest BCUT2D eigenvalue weighted by atomic mass is 10.1. The van der Waals surface area contributed by atoms with Gasteiger partial charge in [-0.2, -0.15) is 5.10 Å². The maximum atomic E-state index is 12.8. The third kappa shape index (κ3) is 6.98. The highest BCUT2D eigenvalue weighted by Crippen LogP contribution is 2.38. The van der Waals surface area contributed by atoms with Gasteiger partial charge in [0.1, 0.15) is 22.1 Å². The van der Waals surface area contributed by atoms with Gasteiger partial charge >= 0.3 is 23.8 Å². The van der Waals surface area contributed by atoms with Crippen molar-refractivity contribution in [3.8, 4) is 11.5 Å². The van der Waals surface area contributed by atoms with Crippen LogP contribution in [0.4, 0.5) is 5.00 Å². The summed E-state index contributed by atoms with van der Waals surface area (Å²) >= 11 is 1.30. The number of fused-ring (bicyclic) bond motifs is 1. The van der Waals surface area contributed by atoms with Crippen molar-refractivity contribution in [3.05, 3.63) is 75.7 Å². The number of hydrogen-bond acceptors (Lipinski definition) is 9. The highest BCUT2D eigenvalue weighted by atomic mass is 32.1. The summed E-state index contributed by atoms with van der Waals surface area (Å²) in [5.74, 6) is -2.56. The number of methoxy groups -OCH3 is 1. The van der Waals surface area contributed by atoms with Crippen molar-refractivity contribution >= 4 is 45.8 Å². The molecule has 1 aromatic heterocycles. The lowest BCUT2D eigenvalue weighted by molar-refractivity contribution is -0.136. The molecular weight excluding hydrogens is 546 g/mol. The first-order chi connectivity index (χ1) is 19.8. The first-order valence-corrected chi connectivity index (χ1v) is 14.1. The van der Waals surface area contributed by atoms with E-state index in [4.69, 9.17) is 14.2 Å². The average molecular weight is 578 g/mol. The predicted molar refractivity (Wildman–Crippen MR) is 155 cm³/mol. The van der Waals surface area contributed by atoms with Crippen LogP contribution >= 0.6 is 11.3 Å². The van der Waals surface area contributed by atoms with E-state index in [2.05, 4.69) is 15.8 Å². The Kier molecular flexibility index (Phi) is 9.86. The van der Waals surface area contributed by atoms with Crippen LogP contribution < -0.4 is 20.2 Å². The number of hydrogen-bond donors (Lipinski definition) is 2. The number of ether oxygens (including phenoxy) is 3. The first kappa shape index (κ1) is 29.5. The van der Waals surface area contributed by atoms with E-state index >= 15 is 0 Å². The van der Waals surface area contributed by atoms with Gasteiger partial charge in [-0.05, 0) is 69.4 Å². The number of anilines is 1. The average Bonchev–Trinajstić information content (AvgIpc) is 3.15. The maximum absolute atomic E-state index is 12.8. The van der Waals surface area contributed by atoms with Gasteiger partial charge in [-0.3, -0.25) is 9.59 Å². The van der Waals surface area contributed by atoms with Crippen molar-refractivity contribution in [3.63, 3.8) is 0 Å². The fourth-order valence-electron chi connectivity index (χ4n) is 4.48. The fraction of sp³-hybridized carbons (Fsp3) is 0.300. The summed E-state index contributed by atoms with van der Waals surface area (Å²) in [5, 5.41) is 6.92. The van der Waals surface area contributed by atoms with E-state index in [0.717, 1.165) is 36.1 Å². The molecule has 1 aliphatic carbocycles. The molecule has 214 valence electrons. The van der Waals surface area contributed by atoms with Crippen LogP contribution in [0.15, 0.2) is 53.6 Å². The molecule has 0 radical (unpaired) electrons. The lowest BCUT2D eigenvalue weighted by Gasteiger charge is -2.12. The number of nitrogens with one attached hydrogen (secondary N) is 2. The van der Waals surface area contributed by atoms with Crippen LogP contribution in [0.3, 0.4) is 0 Å². The number of carbonyl (C=O) groups is 4. The fourth-order valence-corrected chi connectivity index (χ4v) is 5.75. The topological polar surface area (TPSA) is 132 Å². The molecule has 0 bridgehead atoms. The van der Waals surface area contributed by atoms with Crippen molar-refractivity contribution in [1.82, 2.24) is 5.43 Å². The zero-order valence-electron chi connectivity index (χ0n) is 23.1. The van der Waals surface area contributed by atoms with Gasteiger partial charge in [-0.25, -0.2) is 15.0 Å². The summed E-state index contributed by atoms with van der Waals surface area (Å²) in [6.45, 7) is 3.51. The van der Waals surface area contributed by atoms with Crippen LogP contribution in [0, 0.1) is 0 Å². The molecule has 0 unspecified atom stereocenters. The smallest absolute Gasteiger partial charge is 0.347 e. The Balaban J connectivity index is 1.48. The Morgan fingerprint density at radius 2 is 1.56 bits per heavy atom. The normalized spacial score (nSPS) is 12.9. The molecule has 0 saturated carbocycles. The van der Waals surface area contributed by atoms with E-state index in [1.807, 2.05) is 0 Å². The van der Waals surface area contributed by atoms with Gasteiger partial charge in [0, 0.05) is 10.4 Å². The van der Waals surface area contributed by atoms with E-state index in [1.54, 1.807) is 62.4 Å². The first-order valence-electron chi connectivity index (χ1n) is 13.3. The van der Waals surface area contributed by atoms with Crippen molar-refractivity contribution in [2.75, 3.05) is 19.0 Å². The summed E-state index contributed by atoms with van der Waals surface area (Å²) in [6, 6.07) is 13.3. The zero-order chi connectivity index (χ0) is 29.4. The number of hydrazone groups is 1. The largest absolute Gasteiger partial charge is 0.496 e. The van der Waals surface area contributed by atoms with Crippen LogP contribution in [0.25, 0.3) is 0 Å². The third-order valence-electron chi connectivity index (χ3n) is 6.47. The molecule has 2 aromatic carbocycles. The molecule has 1 aliphatic rings. The Labute approximate surface area is 241 Å². The Morgan fingerprint density at radius 3 is 2.29 bits per heavy atom. The van der Waals surface area contributed by atoms with E-state index in [0.29, 0.717) is 34.0 Å². The molecule has 4 rings (SSSR count). The van der Waals surface area contributed by atoms with Gasteiger partial charge in [0.25, 0.3) is 0 Å². The van der Waals surface area contributed by atoms with Gasteiger partial charge in [-0.1, -0.05) is 30.7 Å². The number of esters is 2. The van der Waals surface area contributed by atoms with Gasteiger partial charge in [0.15, 0.2) is 0 Å². The second kappa shape index (κ2) is 13.7. The van der Waals surface area contributed by atoms with Crippen molar-refractivity contribution in [2.45, 2.75) is 46.0 Å². The molecular formula is C30H31N3O7S. The number of carbonyl (C=O) groups excluding carboxylic acids is 4. The van der Waals surface area contributed by atoms with Gasteiger partial charge in [0.05, 0.1) is 25.0 Å². The highest BCUT2D eigenvalue weighted by Gasteiger charge is 2.28. The second-order valence-corrected chi connectivity index (χ2v) is 10.3.